The lowest BCUT2D eigenvalue weighted by molar-refractivity contribution is 0.577. The molecule has 5 rings (SSSR count). The normalized spacial score (nSPS) is 18.2. The smallest absolute Gasteiger partial charge is 0.113 e. The molecule has 1 aromatic heterocycles. The monoisotopic (exact) mass is 379 g/mol. The third-order valence-electron chi connectivity index (χ3n) is 5.32. The number of para-hydroxylation sites is 1. The second-order valence-electron chi connectivity index (χ2n) is 6.73. The van der Waals surface area contributed by atoms with Gasteiger partial charge in [-0.3, -0.25) is 0 Å². The molecule has 1 aliphatic rings. The average molecular weight is 380 g/mol. The van der Waals surface area contributed by atoms with Crippen LogP contribution in [0, 0.1) is 0 Å². The zero-order valence-corrected chi connectivity index (χ0v) is 15.3. The molecule has 0 amide bonds. The van der Waals surface area contributed by atoms with Crippen LogP contribution in [0.4, 0.5) is 0 Å². The van der Waals surface area contributed by atoms with Crippen LogP contribution in [0.2, 0.25) is 10.0 Å². The Hall–Kier alpha value is -2.36. The van der Waals surface area contributed by atoms with Gasteiger partial charge >= 0.3 is 0 Å². The molecule has 4 aromatic rings. The maximum atomic E-state index is 6.12. The lowest BCUT2D eigenvalue weighted by Crippen LogP contribution is -2.15. The van der Waals surface area contributed by atoms with Gasteiger partial charge in [-0.25, -0.2) is 4.68 Å². The summed E-state index contributed by atoms with van der Waals surface area (Å²) in [5, 5.41) is 10.3. The summed E-state index contributed by atoms with van der Waals surface area (Å²) in [6.45, 7) is 0. The Bertz CT molecular complexity index is 1040. The van der Waals surface area contributed by atoms with E-state index in [1.165, 1.54) is 11.1 Å². The van der Waals surface area contributed by atoms with Crippen molar-refractivity contribution in [1.29, 1.82) is 0 Å². The highest BCUT2D eigenvalue weighted by Gasteiger charge is 2.58. The van der Waals surface area contributed by atoms with E-state index in [1.807, 2.05) is 42.5 Å². The summed E-state index contributed by atoms with van der Waals surface area (Å²) in [7, 11) is 0. The Kier molecular flexibility index (Phi) is 3.56. The molecule has 1 heterocycles. The standard InChI is InChI=1S/C21H15Cl2N3/c22-16-9-5-14(6-10-16)21(15-7-11-17(23)12-8-15)13-20(21)26-19-4-2-1-3-18(19)24-25-26/h1-12,20H,13H2. The fourth-order valence-electron chi connectivity index (χ4n) is 3.94. The summed E-state index contributed by atoms with van der Waals surface area (Å²) < 4.78 is 2.05. The van der Waals surface area contributed by atoms with E-state index in [0.717, 1.165) is 27.5 Å². The van der Waals surface area contributed by atoms with Gasteiger partial charge in [-0.15, -0.1) is 5.10 Å². The van der Waals surface area contributed by atoms with Crippen LogP contribution < -0.4 is 0 Å². The summed E-state index contributed by atoms with van der Waals surface area (Å²) >= 11 is 12.2. The molecule has 1 saturated carbocycles. The van der Waals surface area contributed by atoms with Crippen LogP contribution in [0.25, 0.3) is 11.0 Å². The number of fused-ring (bicyclic) bond motifs is 1. The number of halogens is 2. The molecule has 0 saturated heterocycles. The molecule has 1 atom stereocenters. The van der Waals surface area contributed by atoms with E-state index in [0.29, 0.717) is 0 Å². The Balaban J connectivity index is 1.67. The van der Waals surface area contributed by atoms with E-state index in [4.69, 9.17) is 23.2 Å². The minimum atomic E-state index is -0.147. The molecule has 128 valence electrons. The van der Waals surface area contributed by atoms with Gasteiger partial charge in [0.15, 0.2) is 0 Å². The predicted molar refractivity (Wildman–Crippen MR) is 105 cm³/mol. The summed E-state index contributed by atoms with van der Waals surface area (Å²) in [4.78, 5) is 0. The average Bonchev–Trinajstić information content (AvgIpc) is 3.26. The van der Waals surface area contributed by atoms with Gasteiger partial charge in [0, 0.05) is 15.5 Å². The molecule has 1 aliphatic carbocycles. The summed E-state index contributed by atoms with van der Waals surface area (Å²) in [5.74, 6) is 0. The summed E-state index contributed by atoms with van der Waals surface area (Å²) in [5.41, 5.74) is 4.29. The maximum absolute atomic E-state index is 6.12. The highest BCUT2D eigenvalue weighted by atomic mass is 35.5. The molecule has 0 aliphatic heterocycles. The van der Waals surface area contributed by atoms with Gasteiger partial charge in [0.2, 0.25) is 0 Å². The van der Waals surface area contributed by atoms with Gasteiger partial charge in [0.1, 0.15) is 5.52 Å². The largest absolute Gasteiger partial charge is 0.240 e. The fourth-order valence-corrected chi connectivity index (χ4v) is 4.19. The first kappa shape index (κ1) is 15.9. The first-order chi connectivity index (χ1) is 12.7. The zero-order valence-electron chi connectivity index (χ0n) is 13.8. The fraction of sp³-hybridized carbons (Fsp3) is 0.143. The first-order valence-electron chi connectivity index (χ1n) is 8.50. The third kappa shape index (κ3) is 2.35. The summed E-state index contributed by atoms with van der Waals surface area (Å²) in [6.07, 6.45) is 0.962. The number of benzene rings is 3. The van der Waals surface area contributed by atoms with Gasteiger partial charge in [0.05, 0.1) is 11.6 Å². The van der Waals surface area contributed by atoms with Crippen molar-refractivity contribution < 1.29 is 0 Å². The Morgan fingerprint density at radius 1 is 0.808 bits per heavy atom. The highest BCUT2D eigenvalue weighted by Crippen LogP contribution is 2.62. The van der Waals surface area contributed by atoms with Crippen molar-refractivity contribution in [3.8, 4) is 0 Å². The quantitative estimate of drug-likeness (QED) is 0.459. The minimum absolute atomic E-state index is 0.147. The maximum Gasteiger partial charge on any atom is 0.113 e. The molecular weight excluding hydrogens is 365 g/mol. The van der Waals surface area contributed by atoms with Crippen molar-refractivity contribution in [3.05, 3.63) is 94.0 Å². The molecule has 0 bridgehead atoms. The Morgan fingerprint density at radius 3 is 2.00 bits per heavy atom. The van der Waals surface area contributed by atoms with Gasteiger partial charge < -0.3 is 0 Å². The second kappa shape index (κ2) is 5.83. The van der Waals surface area contributed by atoms with E-state index < -0.39 is 0 Å². The predicted octanol–water partition coefficient (Wildman–Crippen LogP) is 5.67. The molecule has 5 heteroatoms. The van der Waals surface area contributed by atoms with Crippen LogP contribution in [0.5, 0.6) is 0 Å². The second-order valence-corrected chi connectivity index (χ2v) is 7.60. The minimum Gasteiger partial charge on any atom is -0.240 e. The van der Waals surface area contributed by atoms with Crippen LogP contribution in [-0.2, 0) is 5.41 Å². The van der Waals surface area contributed by atoms with Gasteiger partial charge in [-0.1, -0.05) is 64.8 Å². The zero-order chi connectivity index (χ0) is 17.7. The van der Waals surface area contributed by atoms with Crippen LogP contribution >= 0.6 is 23.2 Å². The molecular formula is C21H15Cl2N3. The first-order valence-corrected chi connectivity index (χ1v) is 9.26. The Morgan fingerprint density at radius 2 is 1.38 bits per heavy atom. The van der Waals surface area contributed by atoms with Crippen molar-refractivity contribution in [2.24, 2.45) is 0 Å². The van der Waals surface area contributed by atoms with Gasteiger partial charge in [-0.05, 0) is 53.9 Å². The Labute approximate surface area is 161 Å². The molecule has 0 radical (unpaired) electrons. The van der Waals surface area contributed by atoms with Crippen molar-refractivity contribution in [3.63, 3.8) is 0 Å². The lowest BCUT2D eigenvalue weighted by atomic mass is 9.87. The molecule has 1 fully saturated rings. The van der Waals surface area contributed by atoms with E-state index in [-0.39, 0.29) is 11.5 Å². The SMILES string of the molecule is Clc1ccc(C2(c3ccc(Cl)cc3)CC2n2nnc3ccccc32)cc1. The van der Waals surface area contributed by atoms with Crippen molar-refractivity contribution in [1.82, 2.24) is 15.0 Å². The lowest BCUT2D eigenvalue weighted by Gasteiger charge is -2.19. The summed E-state index contributed by atoms with van der Waals surface area (Å²) in [6, 6.07) is 24.5. The van der Waals surface area contributed by atoms with Crippen LogP contribution in [0.1, 0.15) is 23.6 Å². The molecule has 0 spiro atoms. The van der Waals surface area contributed by atoms with Crippen LogP contribution in [-0.4, -0.2) is 15.0 Å². The molecule has 3 nitrogen and oxygen atoms in total. The van der Waals surface area contributed by atoms with Gasteiger partial charge in [0.25, 0.3) is 0 Å². The van der Waals surface area contributed by atoms with E-state index >= 15 is 0 Å². The number of rotatable bonds is 3. The van der Waals surface area contributed by atoms with Crippen LogP contribution in [0.3, 0.4) is 0 Å². The molecule has 1 unspecified atom stereocenters. The van der Waals surface area contributed by atoms with E-state index in [9.17, 15) is 0 Å². The van der Waals surface area contributed by atoms with Crippen molar-refractivity contribution in [2.75, 3.05) is 0 Å². The van der Waals surface area contributed by atoms with Crippen molar-refractivity contribution in [2.45, 2.75) is 17.9 Å². The molecule has 26 heavy (non-hydrogen) atoms. The number of hydrogen-bond donors (Lipinski definition) is 0. The van der Waals surface area contributed by atoms with Gasteiger partial charge in [-0.2, -0.15) is 0 Å². The number of nitrogens with zero attached hydrogens (tertiary/aromatic N) is 3. The molecule has 3 aromatic carbocycles. The number of aromatic nitrogens is 3. The third-order valence-corrected chi connectivity index (χ3v) is 5.82. The highest BCUT2D eigenvalue weighted by molar-refractivity contribution is 6.30. The molecule has 0 N–H and O–H groups in total. The van der Waals surface area contributed by atoms with Crippen molar-refractivity contribution >= 4 is 34.2 Å². The number of hydrogen-bond acceptors (Lipinski definition) is 2. The van der Waals surface area contributed by atoms with E-state index in [1.54, 1.807) is 0 Å². The topological polar surface area (TPSA) is 30.7 Å². The van der Waals surface area contributed by atoms with E-state index in [2.05, 4.69) is 45.3 Å². The van der Waals surface area contributed by atoms with Crippen LogP contribution in [0.15, 0.2) is 72.8 Å².